The van der Waals surface area contributed by atoms with E-state index in [1.165, 1.54) is 6.20 Å². The molecule has 0 aromatic heterocycles. The van der Waals surface area contributed by atoms with Crippen molar-refractivity contribution in [3.8, 4) is 0 Å². The Bertz CT molecular complexity index is 640. The molecule has 2 nitrogen and oxygen atoms in total. The molecule has 0 aliphatic heterocycles. The van der Waals surface area contributed by atoms with Gasteiger partial charge in [0.2, 0.25) is 0 Å². The number of rotatable bonds is 2. The van der Waals surface area contributed by atoms with Gasteiger partial charge in [0.1, 0.15) is 0 Å². The normalized spacial score (nSPS) is 16.8. The minimum absolute atomic E-state index is 0.384. The second-order valence-electron chi connectivity index (χ2n) is 3.72. The fourth-order valence-corrected chi connectivity index (χ4v) is 3.44. The molecule has 1 aliphatic carbocycles. The SMILES string of the molecule is C=CN=C1C(=C)C=Cc2cccc(P(=O)(Cl)Cl)c21. The molecule has 0 saturated heterocycles. The molecule has 1 aromatic rings. The second-order valence-corrected chi connectivity index (χ2v) is 8.50. The van der Waals surface area contributed by atoms with Gasteiger partial charge in [0.15, 0.2) is 0 Å². The van der Waals surface area contributed by atoms with Crippen LogP contribution in [0.1, 0.15) is 11.1 Å². The van der Waals surface area contributed by atoms with Crippen LogP contribution in [0.2, 0.25) is 0 Å². The summed E-state index contributed by atoms with van der Waals surface area (Å²) in [4.78, 5) is 4.17. The first kappa shape index (κ1) is 13.4. The zero-order valence-corrected chi connectivity index (χ0v) is 11.8. The highest BCUT2D eigenvalue weighted by Gasteiger charge is 2.27. The largest absolute Gasteiger partial charge is 0.284 e. The van der Waals surface area contributed by atoms with Gasteiger partial charge in [0.05, 0.1) is 11.0 Å². The molecule has 0 bridgehead atoms. The van der Waals surface area contributed by atoms with Gasteiger partial charge in [-0.2, -0.15) is 0 Å². The summed E-state index contributed by atoms with van der Waals surface area (Å²) >= 11 is 11.6. The van der Waals surface area contributed by atoms with Crippen LogP contribution >= 0.6 is 28.3 Å². The van der Waals surface area contributed by atoms with E-state index in [0.717, 1.165) is 5.56 Å². The predicted molar refractivity (Wildman–Crippen MR) is 80.3 cm³/mol. The molecule has 0 amide bonds. The number of nitrogens with zero attached hydrogens (tertiary/aromatic N) is 1. The van der Waals surface area contributed by atoms with E-state index in [-0.39, 0.29) is 0 Å². The van der Waals surface area contributed by atoms with E-state index < -0.39 is 5.85 Å². The van der Waals surface area contributed by atoms with Gasteiger partial charge in [-0.15, -0.1) is 0 Å². The smallest absolute Gasteiger partial charge is 0.282 e. The van der Waals surface area contributed by atoms with Crippen molar-refractivity contribution in [1.29, 1.82) is 0 Å². The third-order valence-corrected chi connectivity index (χ3v) is 4.61. The van der Waals surface area contributed by atoms with Crippen molar-refractivity contribution < 1.29 is 4.57 Å². The predicted octanol–water partition coefficient (Wildman–Crippen LogP) is 4.50. The Balaban J connectivity index is 2.82. The van der Waals surface area contributed by atoms with E-state index >= 15 is 0 Å². The highest BCUT2D eigenvalue weighted by atomic mass is 35.9. The van der Waals surface area contributed by atoms with Gasteiger partial charge in [0.25, 0.3) is 5.85 Å². The Kier molecular flexibility index (Phi) is 3.63. The van der Waals surface area contributed by atoms with Crippen molar-refractivity contribution >= 4 is 45.4 Å². The number of aliphatic imine (C=N–C) groups is 1. The standard InChI is InChI=1S/C13H10Cl2NOP/c1-3-16-13-9(2)7-8-10-5-4-6-11(12(10)13)18(14,15)17/h3-8H,1-2H2. The number of fused-ring (bicyclic) bond motifs is 1. The summed E-state index contributed by atoms with van der Waals surface area (Å²) in [6.07, 6.45) is 5.11. The van der Waals surface area contributed by atoms with Crippen LogP contribution < -0.4 is 5.30 Å². The van der Waals surface area contributed by atoms with Gasteiger partial charge in [-0.3, -0.25) is 9.56 Å². The quantitative estimate of drug-likeness (QED) is 0.739. The zero-order chi connectivity index (χ0) is 13.3. The van der Waals surface area contributed by atoms with Gasteiger partial charge >= 0.3 is 0 Å². The lowest BCUT2D eigenvalue weighted by molar-refractivity contribution is 0.597. The van der Waals surface area contributed by atoms with Crippen molar-refractivity contribution in [1.82, 2.24) is 0 Å². The fourth-order valence-electron chi connectivity index (χ4n) is 1.84. The Morgan fingerprint density at radius 1 is 1.28 bits per heavy atom. The van der Waals surface area contributed by atoms with Crippen molar-refractivity contribution in [3.05, 3.63) is 60.3 Å². The minimum atomic E-state index is -3.41. The number of benzene rings is 1. The first-order valence-electron chi connectivity index (χ1n) is 5.14. The van der Waals surface area contributed by atoms with Crippen molar-refractivity contribution in [3.63, 3.8) is 0 Å². The van der Waals surface area contributed by atoms with Crippen LogP contribution in [0, 0.1) is 0 Å². The lowest BCUT2D eigenvalue weighted by atomic mass is 9.92. The van der Waals surface area contributed by atoms with Crippen LogP contribution in [0.4, 0.5) is 0 Å². The van der Waals surface area contributed by atoms with Crippen LogP contribution in [0.3, 0.4) is 0 Å². The monoisotopic (exact) mass is 297 g/mol. The maximum absolute atomic E-state index is 11.9. The van der Waals surface area contributed by atoms with Crippen molar-refractivity contribution in [2.45, 2.75) is 0 Å². The molecule has 0 fully saturated rings. The Morgan fingerprint density at radius 3 is 2.61 bits per heavy atom. The molecule has 1 aliphatic rings. The third-order valence-electron chi connectivity index (χ3n) is 2.58. The molecule has 2 rings (SSSR count). The van der Waals surface area contributed by atoms with Crippen LogP contribution in [0.5, 0.6) is 0 Å². The number of hydrogen-bond acceptors (Lipinski definition) is 2. The third kappa shape index (κ3) is 2.37. The maximum atomic E-state index is 11.9. The summed E-state index contributed by atoms with van der Waals surface area (Å²) in [5, 5.41) is 0.384. The van der Waals surface area contributed by atoms with Gasteiger partial charge in [-0.1, -0.05) is 37.4 Å². The lowest BCUT2D eigenvalue weighted by Gasteiger charge is -2.19. The van der Waals surface area contributed by atoms with E-state index in [2.05, 4.69) is 18.2 Å². The van der Waals surface area contributed by atoms with Crippen LogP contribution in [-0.4, -0.2) is 5.71 Å². The fraction of sp³-hybridized carbons (Fsp3) is 0. The minimum Gasteiger partial charge on any atom is -0.284 e. The molecular weight excluding hydrogens is 288 g/mol. The number of halogens is 2. The number of allylic oxidation sites excluding steroid dienone is 2. The Labute approximate surface area is 115 Å². The average Bonchev–Trinajstić information content (AvgIpc) is 2.31. The molecule has 0 unspecified atom stereocenters. The molecule has 0 saturated carbocycles. The summed E-state index contributed by atoms with van der Waals surface area (Å²) in [5.41, 5.74) is 2.83. The van der Waals surface area contributed by atoms with E-state index in [0.29, 0.717) is 22.2 Å². The summed E-state index contributed by atoms with van der Waals surface area (Å²) in [5.74, 6) is -3.41. The molecule has 0 radical (unpaired) electrons. The summed E-state index contributed by atoms with van der Waals surface area (Å²) < 4.78 is 11.9. The summed E-state index contributed by atoms with van der Waals surface area (Å²) in [6.45, 7) is 7.46. The Hall–Kier alpha value is -1.08. The summed E-state index contributed by atoms with van der Waals surface area (Å²) in [6, 6.07) is 5.28. The zero-order valence-electron chi connectivity index (χ0n) is 9.44. The molecule has 0 heterocycles. The van der Waals surface area contributed by atoms with Gasteiger partial charge in [0, 0.05) is 11.8 Å². The molecule has 92 valence electrons. The molecule has 5 heteroatoms. The Morgan fingerprint density at radius 2 is 2.00 bits per heavy atom. The van der Waals surface area contributed by atoms with E-state index in [1.807, 2.05) is 18.2 Å². The van der Waals surface area contributed by atoms with E-state index in [1.54, 1.807) is 12.1 Å². The van der Waals surface area contributed by atoms with Gasteiger partial charge < -0.3 is 0 Å². The average molecular weight is 298 g/mol. The van der Waals surface area contributed by atoms with E-state index in [4.69, 9.17) is 22.5 Å². The molecular formula is C13H10Cl2NOP. The second kappa shape index (κ2) is 4.89. The topological polar surface area (TPSA) is 29.4 Å². The van der Waals surface area contributed by atoms with Crippen molar-refractivity contribution in [2.24, 2.45) is 4.99 Å². The molecule has 0 atom stereocenters. The van der Waals surface area contributed by atoms with E-state index in [9.17, 15) is 4.57 Å². The number of hydrogen-bond donors (Lipinski definition) is 0. The van der Waals surface area contributed by atoms with Crippen molar-refractivity contribution in [2.75, 3.05) is 0 Å². The molecule has 0 spiro atoms. The first-order chi connectivity index (χ1) is 8.45. The first-order valence-corrected chi connectivity index (χ1v) is 8.66. The molecule has 18 heavy (non-hydrogen) atoms. The highest BCUT2D eigenvalue weighted by molar-refractivity contribution is 8.13. The maximum Gasteiger partial charge on any atom is 0.282 e. The van der Waals surface area contributed by atoms with Crippen LogP contribution in [0.15, 0.2) is 54.2 Å². The van der Waals surface area contributed by atoms with Gasteiger partial charge in [-0.05, 0) is 39.7 Å². The van der Waals surface area contributed by atoms with Crippen LogP contribution in [-0.2, 0) is 4.57 Å². The molecule has 0 N–H and O–H groups in total. The van der Waals surface area contributed by atoms with Crippen LogP contribution in [0.25, 0.3) is 6.08 Å². The highest BCUT2D eigenvalue weighted by Crippen LogP contribution is 2.56. The summed E-state index contributed by atoms with van der Waals surface area (Å²) in [7, 11) is 0. The van der Waals surface area contributed by atoms with Gasteiger partial charge in [-0.25, -0.2) is 0 Å². The lowest BCUT2D eigenvalue weighted by Crippen LogP contribution is -2.19. The molecule has 1 aromatic carbocycles.